The van der Waals surface area contributed by atoms with E-state index in [2.05, 4.69) is 34.8 Å². The average molecular weight is 247 g/mol. The number of hydrogen-bond acceptors (Lipinski definition) is 3. The van der Waals surface area contributed by atoms with Gasteiger partial charge in [-0.15, -0.1) is 0 Å². The molecule has 98 valence electrons. The molecule has 0 radical (unpaired) electrons. The van der Waals surface area contributed by atoms with Crippen LogP contribution in [0.2, 0.25) is 0 Å². The van der Waals surface area contributed by atoms with Gasteiger partial charge >= 0.3 is 0 Å². The molecule has 1 aromatic carbocycles. The summed E-state index contributed by atoms with van der Waals surface area (Å²) in [5.74, 6) is 1.32. The molecule has 2 N–H and O–H groups in total. The molecule has 0 aliphatic heterocycles. The molecule has 0 saturated carbocycles. The van der Waals surface area contributed by atoms with Crippen molar-refractivity contribution in [1.29, 1.82) is 0 Å². The van der Waals surface area contributed by atoms with Crippen molar-refractivity contribution in [3.63, 3.8) is 0 Å². The molecule has 4 heteroatoms. The van der Waals surface area contributed by atoms with Crippen LogP contribution >= 0.6 is 0 Å². The Hall–Kier alpha value is -1.55. The summed E-state index contributed by atoms with van der Waals surface area (Å²) < 4.78 is 2.06. The molecule has 0 spiro atoms. The molecule has 0 aliphatic carbocycles. The Labute approximate surface area is 108 Å². The van der Waals surface area contributed by atoms with Crippen LogP contribution in [0.1, 0.15) is 20.3 Å². The lowest BCUT2D eigenvalue weighted by Crippen LogP contribution is -2.28. The van der Waals surface area contributed by atoms with Gasteiger partial charge in [0.1, 0.15) is 0 Å². The molecular formula is C14H21N3O. The van der Waals surface area contributed by atoms with Crippen LogP contribution in [0.4, 0.5) is 5.95 Å². The predicted octanol–water partition coefficient (Wildman–Crippen LogP) is 2.39. The number of nitrogens with one attached hydrogen (secondary N) is 1. The third-order valence-electron chi connectivity index (χ3n) is 3.35. The summed E-state index contributed by atoms with van der Waals surface area (Å²) in [7, 11) is 2.01. The summed E-state index contributed by atoms with van der Waals surface area (Å²) in [4.78, 5) is 4.59. The zero-order chi connectivity index (χ0) is 13.1. The second kappa shape index (κ2) is 5.40. The quantitative estimate of drug-likeness (QED) is 0.853. The van der Waals surface area contributed by atoms with E-state index >= 15 is 0 Å². The lowest BCUT2D eigenvalue weighted by atomic mass is 10.0. The van der Waals surface area contributed by atoms with E-state index in [1.54, 1.807) is 0 Å². The number of benzene rings is 1. The minimum atomic E-state index is 0.194. The number of hydrogen-bond donors (Lipinski definition) is 2. The summed E-state index contributed by atoms with van der Waals surface area (Å²) in [5, 5.41) is 12.5. The lowest BCUT2D eigenvalue weighted by molar-refractivity contribution is 0.267. The monoisotopic (exact) mass is 247 g/mol. The molecule has 0 aliphatic rings. The van der Waals surface area contributed by atoms with Gasteiger partial charge in [0.15, 0.2) is 0 Å². The smallest absolute Gasteiger partial charge is 0.203 e. The Bertz CT molecular complexity index is 519. The zero-order valence-electron chi connectivity index (χ0n) is 11.2. The molecule has 4 nitrogen and oxygen atoms in total. The van der Waals surface area contributed by atoms with Gasteiger partial charge in [0, 0.05) is 19.7 Å². The minimum Gasteiger partial charge on any atom is -0.396 e. The number of rotatable bonds is 5. The molecule has 1 aromatic heterocycles. The minimum absolute atomic E-state index is 0.194. The predicted molar refractivity (Wildman–Crippen MR) is 74.7 cm³/mol. The number of nitrogens with zero attached hydrogens (tertiary/aromatic N) is 2. The second-order valence-corrected chi connectivity index (χ2v) is 4.99. The normalized spacial score (nSPS) is 13.2. The van der Waals surface area contributed by atoms with Crippen LogP contribution in [0, 0.1) is 5.92 Å². The molecule has 2 rings (SSSR count). The molecule has 0 saturated heterocycles. The molecule has 1 heterocycles. The third kappa shape index (κ3) is 2.48. The maximum Gasteiger partial charge on any atom is 0.203 e. The van der Waals surface area contributed by atoms with Crippen LogP contribution in [-0.2, 0) is 7.05 Å². The highest BCUT2D eigenvalue weighted by atomic mass is 16.3. The number of imidazole rings is 1. The first-order valence-electron chi connectivity index (χ1n) is 6.42. The van der Waals surface area contributed by atoms with Crippen LogP contribution in [0.3, 0.4) is 0 Å². The molecule has 1 atom stereocenters. The first-order chi connectivity index (χ1) is 8.63. The highest BCUT2D eigenvalue weighted by molar-refractivity contribution is 5.78. The van der Waals surface area contributed by atoms with E-state index in [1.165, 1.54) is 0 Å². The first-order valence-corrected chi connectivity index (χ1v) is 6.42. The molecule has 0 fully saturated rings. The van der Waals surface area contributed by atoms with Crippen molar-refractivity contribution in [2.24, 2.45) is 13.0 Å². The topological polar surface area (TPSA) is 50.1 Å². The van der Waals surface area contributed by atoms with Crippen molar-refractivity contribution < 1.29 is 5.11 Å². The highest BCUT2D eigenvalue weighted by Crippen LogP contribution is 2.20. The van der Waals surface area contributed by atoms with Crippen LogP contribution in [0.5, 0.6) is 0 Å². The van der Waals surface area contributed by atoms with E-state index < -0.39 is 0 Å². The highest BCUT2D eigenvalue weighted by Gasteiger charge is 2.15. The van der Waals surface area contributed by atoms with Crippen LogP contribution in [-0.4, -0.2) is 27.3 Å². The van der Waals surface area contributed by atoms with Gasteiger partial charge in [-0.3, -0.25) is 0 Å². The average Bonchev–Trinajstić information content (AvgIpc) is 2.66. The molecule has 1 unspecified atom stereocenters. The maximum atomic E-state index is 9.11. The van der Waals surface area contributed by atoms with Gasteiger partial charge in [-0.1, -0.05) is 26.0 Å². The van der Waals surface area contributed by atoms with E-state index in [-0.39, 0.29) is 12.6 Å². The van der Waals surface area contributed by atoms with E-state index in [0.717, 1.165) is 23.4 Å². The number of fused-ring (bicyclic) bond motifs is 1. The largest absolute Gasteiger partial charge is 0.396 e. The fourth-order valence-corrected chi connectivity index (χ4v) is 2.15. The zero-order valence-corrected chi connectivity index (χ0v) is 11.2. The van der Waals surface area contributed by atoms with Gasteiger partial charge in [0.25, 0.3) is 0 Å². The fourth-order valence-electron chi connectivity index (χ4n) is 2.15. The van der Waals surface area contributed by atoms with Gasteiger partial charge < -0.3 is 15.0 Å². The number of para-hydroxylation sites is 2. The van der Waals surface area contributed by atoms with Crippen LogP contribution in [0.25, 0.3) is 11.0 Å². The summed E-state index contributed by atoms with van der Waals surface area (Å²) in [6, 6.07) is 8.32. The number of aromatic nitrogens is 2. The molecule has 0 bridgehead atoms. The van der Waals surface area contributed by atoms with Crippen molar-refractivity contribution >= 4 is 17.0 Å². The van der Waals surface area contributed by atoms with Crippen LogP contribution < -0.4 is 5.32 Å². The van der Waals surface area contributed by atoms with Crippen molar-refractivity contribution in [2.75, 3.05) is 11.9 Å². The number of aliphatic hydroxyl groups excluding tert-OH is 1. The lowest BCUT2D eigenvalue weighted by Gasteiger charge is -2.22. The van der Waals surface area contributed by atoms with Gasteiger partial charge in [-0.05, 0) is 24.5 Å². The van der Waals surface area contributed by atoms with Crippen molar-refractivity contribution in [1.82, 2.24) is 9.55 Å². The van der Waals surface area contributed by atoms with Gasteiger partial charge in [-0.2, -0.15) is 0 Å². The number of anilines is 1. The van der Waals surface area contributed by atoms with Crippen LogP contribution in [0.15, 0.2) is 24.3 Å². The Morgan fingerprint density at radius 2 is 2.06 bits per heavy atom. The molecule has 2 aromatic rings. The standard InChI is InChI=1S/C14H21N3O/c1-10(2)11(8-9-18)15-14-16-12-6-4-5-7-13(12)17(14)3/h4-7,10-11,18H,8-9H2,1-3H3,(H,15,16). The molecule has 0 amide bonds. The summed E-state index contributed by atoms with van der Waals surface area (Å²) >= 11 is 0. The third-order valence-corrected chi connectivity index (χ3v) is 3.35. The van der Waals surface area contributed by atoms with Gasteiger partial charge in [0.2, 0.25) is 5.95 Å². The second-order valence-electron chi connectivity index (χ2n) is 4.99. The summed E-state index contributed by atoms with van der Waals surface area (Å²) in [6.45, 7) is 4.49. The Morgan fingerprint density at radius 1 is 1.33 bits per heavy atom. The van der Waals surface area contributed by atoms with E-state index in [0.29, 0.717) is 5.92 Å². The molecular weight excluding hydrogens is 226 g/mol. The first kappa shape index (κ1) is 12.9. The Balaban J connectivity index is 2.27. The van der Waals surface area contributed by atoms with Crippen molar-refractivity contribution in [3.8, 4) is 0 Å². The SMILES string of the molecule is CC(C)C(CCO)Nc1nc2ccccc2n1C. The van der Waals surface area contributed by atoms with Gasteiger partial charge in [-0.25, -0.2) is 4.98 Å². The molecule has 18 heavy (non-hydrogen) atoms. The number of aliphatic hydroxyl groups is 1. The van der Waals surface area contributed by atoms with Gasteiger partial charge in [0.05, 0.1) is 11.0 Å². The fraction of sp³-hybridized carbons (Fsp3) is 0.500. The van der Waals surface area contributed by atoms with E-state index in [4.69, 9.17) is 5.11 Å². The summed E-state index contributed by atoms with van der Waals surface area (Å²) in [5.41, 5.74) is 2.11. The summed E-state index contributed by atoms with van der Waals surface area (Å²) in [6.07, 6.45) is 0.737. The number of aryl methyl sites for hydroxylation is 1. The maximum absolute atomic E-state index is 9.11. The Kier molecular flexibility index (Phi) is 3.87. The van der Waals surface area contributed by atoms with Crippen molar-refractivity contribution in [3.05, 3.63) is 24.3 Å². The van der Waals surface area contributed by atoms with E-state index in [9.17, 15) is 0 Å². The van der Waals surface area contributed by atoms with E-state index in [1.807, 2.05) is 25.2 Å². The Morgan fingerprint density at radius 3 is 2.67 bits per heavy atom. The van der Waals surface area contributed by atoms with Crippen molar-refractivity contribution in [2.45, 2.75) is 26.3 Å².